The maximum atomic E-state index is 12.6. The number of sulfonamides is 1. The van der Waals surface area contributed by atoms with Crippen LogP contribution in [0.1, 0.15) is 32.6 Å². The van der Waals surface area contributed by atoms with Gasteiger partial charge in [0, 0.05) is 13.1 Å². The molecule has 3 atom stereocenters. The first-order valence-corrected chi connectivity index (χ1v) is 8.20. The van der Waals surface area contributed by atoms with E-state index in [0.29, 0.717) is 25.7 Å². The van der Waals surface area contributed by atoms with Crippen molar-refractivity contribution >= 4 is 21.9 Å². The second-order valence-corrected chi connectivity index (χ2v) is 8.12. The molecule has 2 rings (SSSR count). The van der Waals surface area contributed by atoms with Gasteiger partial charge >= 0.3 is 5.97 Å². The molecule has 1 saturated carbocycles. The molecule has 8 heteroatoms. The van der Waals surface area contributed by atoms with Gasteiger partial charge in [0.05, 0.1) is 16.6 Å². The molecule has 0 aromatic carbocycles. The van der Waals surface area contributed by atoms with E-state index in [1.165, 1.54) is 4.31 Å². The molecule has 1 aliphatic carbocycles. The zero-order valence-electron chi connectivity index (χ0n) is 11.4. The van der Waals surface area contributed by atoms with Crippen LogP contribution in [0.4, 0.5) is 0 Å². The van der Waals surface area contributed by atoms with E-state index < -0.39 is 38.5 Å². The largest absolute Gasteiger partial charge is 0.481 e. The average molecular weight is 304 g/mol. The van der Waals surface area contributed by atoms with Gasteiger partial charge in [0.25, 0.3) is 0 Å². The van der Waals surface area contributed by atoms with Crippen molar-refractivity contribution in [1.82, 2.24) is 4.31 Å². The number of aliphatic carboxylic acids is 1. The standard InChI is InChI=1S/C12H20N2O5S/c1-12(11(13)17)5-6-14(7-12)20(18,19)9-4-2-3-8(9)10(15)16/h8-9H,2-7H2,1H3,(H2,13,17)(H,15,16). The van der Waals surface area contributed by atoms with E-state index in [-0.39, 0.29) is 13.1 Å². The maximum absolute atomic E-state index is 12.6. The van der Waals surface area contributed by atoms with Crippen molar-refractivity contribution in [2.75, 3.05) is 13.1 Å². The molecule has 0 aromatic heterocycles. The first kappa shape index (κ1) is 15.2. The number of hydrogen-bond donors (Lipinski definition) is 2. The Morgan fingerprint density at radius 2 is 2.00 bits per heavy atom. The summed E-state index contributed by atoms with van der Waals surface area (Å²) in [6, 6.07) is 0. The van der Waals surface area contributed by atoms with Gasteiger partial charge in [-0.15, -0.1) is 0 Å². The van der Waals surface area contributed by atoms with Crippen LogP contribution in [0.3, 0.4) is 0 Å². The molecule has 1 saturated heterocycles. The summed E-state index contributed by atoms with van der Waals surface area (Å²) in [5.41, 5.74) is 4.46. The zero-order chi connectivity index (χ0) is 15.1. The Kier molecular flexibility index (Phi) is 3.81. The lowest BCUT2D eigenvalue weighted by Gasteiger charge is -2.25. The Balaban J connectivity index is 2.20. The first-order valence-electron chi connectivity index (χ1n) is 6.70. The van der Waals surface area contributed by atoms with E-state index in [2.05, 4.69) is 0 Å². The number of hydrogen-bond acceptors (Lipinski definition) is 4. The highest BCUT2D eigenvalue weighted by molar-refractivity contribution is 7.89. The maximum Gasteiger partial charge on any atom is 0.307 e. The molecule has 2 fully saturated rings. The van der Waals surface area contributed by atoms with Crippen LogP contribution in [0.15, 0.2) is 0 Å². The van der Waals surface area contributed by atoms with Gasteiger partial charge in [0.2, 0.25) is 15.9 Å². The Labute approximate surface area is 118 Å². The number of amides is 1. The van der Waals surface area contributed by atoms with Gasteiger partial charge in [-0.2, -0.15) is 0 Å². The summed E-state index contributed by atoms with van der Waals surface area (Å²) in [4.78, 5) is 22.5. The molecule has 3 N–H and O–H groups in total. The Morgan fingerprint density at radius 1 is 1.35 bits per heavy atom. The quantitative estimate of drug-likeness (QED) is 0.743. The smallest absolute Gasteiger partial charge is 0.307 e. The van der Waals surface area contributed by atoms with Gasteiger partial charge in [-0.25, -0.2) is 12.7 Å². The number of nitrogens with zero attached hydrogens (tertiary/aromatic N) is 1. The van der Waals surface area contributed by atoms with Gasteiger partial charge in [0.15, 0.2) is 0 Å². The fourth-order valence-corrected chi connectivity index (χ4v) is 5.42. The number of nitrogens with two attached hydrogens (primary N) is 1. The van der Waals surface area contributed by atoms with Crippen molar-refractivity contribution in [3.05, 3.63) is 0 Å². The summed E-state index contributed by atoms with van der Waals surface area (Å²) in [5.74, 6) is -2.43. The van der Waals surface area contributed by atoms with Crippen molar-refractivity contribution in [2.45, 2.75) is 37.9 Å². The lowest BCUT2D eigenvalue weighted by atomic mass is 9.89. The van der Waals surface area contributed by atoms with Crippen LogP contribution in [0.25, 0.3) is 0 Å². The normalized spacial score (nSPS) is 35.2. The van der Waals surface area contributed by atoms with E-state index in [9.17, 15) is 18.0 Å². The predicted molar refractivity (Wildman–Crippen MR) is 71.2 cm³/mol. The van der Waals surface area contributed by atoms with Gasteiger partial charge in [0.1, 0.15) is 0 Å². The minimum absolute atomic E-state index is 0.0491. The van der Waals surface area contributed by atoms with Crippen LogP contribution in [0, 0.1) is 11.3 Å². The molecule has 20 heavy (non-hydrogen) atoms. The molecular weight excluding hydrogens is 284 g/mol. The second kappa shape index (κ2) is 5.00. The minimum Gasteiger partial charge on any atom is -0.481 e. The summed E-state index contributed by atoms with van der Waals surface area (Å²) in [6.45, 7) is 1.92. The predicted octanol–water partition coefficient (Wildman–Crippen LogP) is -0.233. The van der Waals surface area contributed by atoms with E-state index in [1.807, 2.05) is 0 Å². The number of carbonyl (C=O) groups excluding carboxylic acids is 1. The molecule has 0 bridgehead atoms. The Bertz CT molecular complexity index is 532. The van der Waals surface area contributed by atoms with E-state index in [0.717, 1.165) is 0 Å². The minimum atomic E-state index is -3.69. The van der Waals surface area contributed by atoms with E-state index >= 15 is 0 Å². The first-order chi connectivity index (χ1) is 9.18. The SMILES string of the molecule is CC1(C(N)=O)CCN(S(=O)(=O)C2CCCC2C(=O)O)C1. The summed E-state index contributed by atoms with van der Waals surface area (Å²) in [5, 5.41) is 8.24. The summed E-state index contributed by atoms with van der Waals surface area (Å²) < 4.78 is 26.4. The molecule has 0 spiro atoms. The van der Waals surface area contributed by atoms with Gasteiger partial charge in [-0.1, -0.05) is 6.42 Å². The van der Waals surface area contributed by atoms with Crippen molar-refractivity contribution in [1.29, 1.82) is 0 Å². The highest BCUT2D eigenvalue weighted by Gasteiger charge is 2.49. The van der Waals surface area contributed by atoms with E-state index in [1.54, 1.807) is 6.92 Å². The number of carboxylic acid groups (broad SMARTS) is 1. The van der Waals surface area contributed by atoms with Crippen molar-refractivity contribution in [3.63, 3.8) is 0 Å². The van der Waals surface area contributed by atoms with Crippen LogP contribution < -0.4 is 5.73 Å². The highest BCUT2D eigenvalue weighted by atomic mass is 32.2. The number of carboxylic acids is 1. The van der Waals surface area contributed by atoms with Crippen molar-refractivity contribution < 1.29 is 23.1 Å². The fraction of sp³-hybridized carbons (Fsp3) is 0.833. The lowest BCUT2D eigenvalue weighted by molar-refractivity contribution is -0.141. The number of rotatable bonds is 4. The van der Waals surface area contributed by atoms with Crippen molar-refractivity contribution in [2.24, 2.45) is 17.1 Å². The molecule has 3 unspecified atom stereocenters. The molecule has 0 aromatic rings. The second-order valence-electron chi connectivity index (χ2n) is 5.97. The Hall–Kier alpha value is -1.15. The van der Waals surface area contributed by atoms with Gasteiger partial charge < -0.3 is 10.8 Å². The monoisotopic (exact) mass is 304 g/mol. The van der Waals surface area contributed by atoms with Crippen LogP contribution in [-0.4, -0.2) is 48.0 Å². The topological polar surface area (TPSA) is 118 Å². The molecule has 1 amide bonds. The summed E-state index contributed by atoms with van der Waals surface area (Å²) in [6.07, 6.45) is 1.73. The molecule has 2 aliphatic rings. The van der Waals surface area contributed by atoms with Gasteiger partial charge in [-0.3, -0.25) is 9.59 Å². The van der Waals surface area contributed by atoms with E-state index in [4.69, 9.17) is 10.8 Å². The van der Waals surface area contributed by atoms with Gasteiger partial charge in [-0.05, 0) is 26.2 Å². The van der Waals surface area contributed by atoms with Crippen LogP contribution in [0.5, 0.6) is 0 Å². The number of primary amides is 1. The van der Waals surface area contributed by atoms with Crippen molar-refractivity contribution in [3.8, 4) is 0 Å². The third kappa shape index (κ3) is 2.42. The molecular formula is C12H20N2O5S. The lowest BCUT2D eigenvalue weighted by Crippen LogP contribution is -2.43. The molecule has 114 valence electrons. The summed E-state index contributed by atoms with van der Waals surface area (Å²) in [7, 11) is -3.69. The molecule has 1 aliphatic heterocycles. The van der Waals surface area contributed by atoms with Crippen LogP contribution in [0.2, 0.25) is 0 Å². The van der Waals surface area contributed by atoms with Crippen LogP contribution in [-0.2, 0) is 19.6 Å². The highest BCUT2D eigenvalue weighted by Crippen LogP contribution is 2.37. The average Bonchev–Trinajstić information content (AvgIpc) is 2.95. The Morgan fingerprint density at radius 3 is 2.50 bits per heavy atom. The third-order valence-corrected chi connectivity index (χ3v) is 6.91. The summed E-state index contributed by atoms with van der Waals surface area (Å²) >= 11 is 0. The van der Waals surface area contributed by atoms with Crippen LogP contribution >= 0.6 is 0 Å². The molecule has 1 heterocycles. The molecule has 0 radical (unpaired) electrons. The zero-order valence-corrected chi connectivity index (χ0v) is 12.2. The molecule has 7 nitrogen and oxygen atoms in total. The fourth-order valence-electron chi connectivity index (χ4n) is 3.09. The number of carbonyl (C=O) groups is 2. The third-order valence-electron chi connectivity index (χ3n) is 4.55.